The van der Waals surface area contributed by atoms with E-state index in [4.69, 9.17) is 16.3 Å². The number of halogens is 1. The first-order valence-electron chi connectivity index (χ1n) is 7.73. The van der Waals surface area contributed by atoms with Crippen LogP contribution in [0.5, 0.6) is 0 Å². The average molecular weight is 397 g/mol. The zero-order valence-electron chi connectivity index (χ0n) is 14.1. The molecular weight excluding hydrogens is 380 g/mol. The Hall–Kier alpha value is -2.45. The second-order valence-corrected chi connectivity index (χ2v) is 7.13. The third kappa shape index (κ3) is 5.03. The van der Waals surface area contributed by atoms with E-state index in [1.54, 1.807) is 43.5 Å². The summed E-state index contributed by atoms with van der Waals surface area (Å²) in [6.07, 6.45) is 0. The molecule has 26 heavy (non-hydrogen) atoms. The molecule has 0 radical (unpaired) electrons. The Morgan fingerprint density at radius 2 is 2.04 bits per heavy atom. The Morgan fingerprint density at radius 3 is 2.62 bits per heavy atom. The van der Waals surface area contributed by atoms with Crippen molar-refractivity contribution in [2.24, 2.45) is 5.92 Å². The average Bonchev–Trinajstić information content (AvgIpc) is 3.07. The highest BCUT2D eigenvalue weighted by Crippen LogP contribution is 2.23. The Kier molecular flexibility index (Phi) is 6.70. The van der Waals surface area contributed by atoms with Gasteiger partial charge in [0.15, 0.2) is 0 Å². The Morgan fingerprint density at radius 1 is 1.35 bits per heavy atom. The number of nitrogens with zero attached hydrogens (tertiary/aromatic N) is 1. The van der Waals surface area contributed by atoms with Gasteiger partial charge in [-0.25, -0.2) is 4.79 Å². The second-order valence-electron chi connectivity index (χ2n) is 5.83. The summed E-state index contributed by atoms with van der Waals surface area (Å²) >= 11 is 6.96. The molecule has 9 heteroatoms. The van der Waals surface area contributed by atoms with Gasteiger partial charge >= 0.3 is 11.0 Å². The highest BCUT2D eigenvalue weighted by molar-refractivity contribution is 7.13. The van der Waals surface area contributed by atoms with Crippen LogP contribution in [0, 0.1) is 16.0 Å². The van der Waals surface area contributed by atoms with Gasteiger partial charge in [-0.15, -0.1) is 0 Å². The van der Waals surface area contributed by atoms with Gasteiger partial charge in [-0.3, -0.25) is 14.9 Å². The number of esters is 1. The number of carbonyl (C=O) groups is 2. The summed E-state index contributed by atoms with van der Waals surface area (Å²) in [5, 5.41) is 15.1. The zero-order valence-corrected chi connectivity index (χ0v) is 15.7. The lowest BCUT2D eigenvalue weighted by atomic mass is 10.0. The molecule has 2 aromatic rings. The van der Waals surface area contributed by atoms with Crippen molar-refractivity contribution in [2.45, 2.75) is 26.5 Å². The van der Waals surface area contributed by atoms with E-state index in [1.807, 2.05) is 0 Å². The summed E-state index contributed by atoms with van der Waals surface area (Å²) in [6.45, 7) is 3.44. The Labute approximate surface area is 159 Å². The maximum Gasteiger partial charge on any atom is 0.329 e. The molecule has 1 heterocycles. The molecule has 0 aliphatic rings. The van der Waals surface area contributed by atoms with Gasteiger partial charge in [0.25, 0.3) is 5.91 Å². The highest BCUT2D eigenvalue weighted by Gasteiger charge is 2.27. The largest absolute Gasteiger partial charge is 0.459 e. The molecule has 1 N–H and O–H groups in total. The van der Waals surface area contributed by atoms with Crippen LogP contribution in [-0.2, 0) is 16.1 Å². The molecule has 138 valence electrons. The van der Waals surface area contributed by atoms with Crippen LogP contribution in [0.4, 0.5) is 5.00 Å². The van der Waals surface area contributed by atoms with Crippen molar-refractivity contribution in [1.29, 1.82) is 0 Å². The van der Waals surface area contributed by atoms with Gasteiger partial charge in [0.1, 0.15) is 12.6 Å². The quantitative estimate of drug-likeness (QED) is 0.436. The fourth-order valence-electron chi connectivity index (χ4n) is 2.14. The summed E-state index contributed by atoms with van der Waals surface area (Å²) in [5.74, 6) is -1.31. The van der Waals surface area contributed by atoms with Crippen LogP contribution in [0.1, 0.15) is 29.8 Å². The fourth-order valence-corrected chi connectivity index (χ4v) is 3.08. The minimum absolute atomic E-state index is 0.0246. The molecule has 0 unspecified atom stereocenters. The van der Waals surface area contributed by atoms with E-state index < -0.39 is 22.8 Å². The third-order valence-electron chi connectivity index (χ3n) is 3.53. The van der Waals surface area contributed by atoms with E-state index in [-0.39, 0.29) is 28.1 Å². The van der Waals surface area contributed by atoms with Crippen LogP contribution in [0.15, 0.2) is 35.7 Å². The molecule has 0 aliphatic carbocycles. The monoisotopic (exact) mass is 396 g/mol. The molecule has 2 rings (SSSR count). The molecule has 1 aromatic heterocycles. The lowest BCUT2D eigenvalue weighted by molar-refractivity contribution is -0.380. The van der Waals surface area contributed by atoms with E-state index in [0.29, 0.717) is 5.56 Å². The van der Waals surface area contributed by atoms with Gasteiger partial charge < -0.3 is 10.1 Å². The van der Waals surface area contributed by atoms with Crippen molar-refractivity contribution in [3.05, 3.63) is 62.0 Å². The van der Waals surface area contributed by atoms with Gasteiger partial charge in [-0.2, -0.15) is 0 Å². The molecule has 7 nitrogen and oxygen atoms in total. The lowest BCUT2D eigenvalue weighted by Gasteiger charge is -2.21. The van der Waals surface area contributed by atoms with Gasteiger partial charge in [-0.05, 0) is 18.1 Å². The number of nitro groups is 1. The SMILES string of the molecule is CC(C)[C@H](NC(=O)c1ccccc1Cl)C(=O)OCc1csc([N+](=O)[O-])c1. The fraction of sp³-hybridized carbons (Fsp3) is 0.294. The number of nitrogens with one attached hydrogen (secondary N) is 1. The summed E-state index contributed by atoms with van der Waals surface area (Å²) in [6, 6.07) is 7.01. The summed E-state index contributed by atoms with van der Waals surface area (Å²) < 4.78 is 5.21. The third-order valence-corrected chi connectivity index (χ3v) is 4.79. The van der Waals surface area contributed by atoms with Crippen LogP contribution < -0.4 is 5.32 Å². The van der Waals surface area contributed by atoms with Crippen LogP contribution in [0.3, 0.4) is 0 Å². The molecule has 0 aliphatic heterocycles. The van der Waals surface area contributed by atoms with Crippen LogP contribution in [0.25, 0.3) is 0 Å². The van der Waals surface area contributed by atoms with Crippen LogP contribution in [0.2, 0.25) is 5.02 Å². The summed E-state index contributed by atoms with van der Waals surface area (Å²) in [7, 11) is 0. The first-order chi connectivity index (χ1) is 12.3. The molecule has 1 atom stereocenters. The zero-order chi connectivity index (χ0) is 19.3. The minimum Gasteiger partial charge on any atom is -0.459 e. The summed E-state index contributed by atoms with van der Waals surface area (Å²) in [4.78, 5) is 34.9. The number of thiophene rings is 1. The van der Waals surface area contributed by atoms with E-state index >= 15 is 0 Å². The molecular formula is C17H17ClN2O5S. The Balaban J connectivity index is 2.01. The number of amides is 1. The van der Waals surface area contributed by atoms with Crippen molar-refractivity contribution in [3.63, 3.8) is 0 Å². The van der Waals surface area contributed by atoms with Crippen molar-refractivity contribution >= 4 is 39.8 Å². The van der Waals surface area contributed by atoms with E-state index in [0.717, 1.165) is 11.3 Å². The maximum absolute atomic E-state index is 12.4. The van der Waals surface area contributed by atoms with Gasteiger partial charge in [0, 0.05) is 17.0 Å². The molecule has 0 saturated heterocycles. The van der Waals surface area contributed by atoms with Crippen LogP contribution >= 0.6 is 22.9 Å². The molecule has 1 amide bonds. The number of ether oxygens (including phenoxy) is 1. The maximum atomic E-state index is 12.4. The minimum atomic E-state index is -0.868. The topological polar surface area (TPSA) is 98.5 Å². The van der Waals surface area contributed by atoms with Gasteiger partial charge in [-0.1, -0.05) is 48.9 Å². The van der Waals surface area contributed by atoms with Crippen molar-refractivity contribution in [2.75, 3.05) is 0 Å². The Bertz CT molecular complexity index is 821. The second kappa shape index (κ2) is 8.77. The predicted octanol–water partition coefficient (Wildman–Crippen LogP) is 3.81. The van der Waals surface area contributed by atoms with Crippen molar-refractivity contribution in [3.8, 4) is 0 Å². The van der Waals surface area contributed by atoms with Crippen molar-refractivity contribution < 1.29 is 19.2 Å². The summed E-state index contributed by atoms with van der Waals surface area (Å²) in [5.41, 5.74) is 0.788. The van der Waals surface area contributed by atoms with E-state index in [1.165, 1.54) is 6.07 Å². The number of hydrogen-bond donors (Lipinski definition) is 1. The van der Waals surface area contributed by atoms with Gasteiger partial charge in [0.05, 0.1) is 15.5 Å². The van der Waals surface area contributed by atoms with E-state index in [9.17, 15) is 19.7 Å². The predicted molar refractivity (Wildman–Crippen MR) is 98.3 cm³/mol. The number of carbonyl (C=O) groups excluding carboxylic acids is 2. The first kappa shape index (κ1) is 19.9. The molecule has 1 aromatic carbocycles. The number of hydrogen-bond acceptors (Lipinski definition) is 6. The number of benzene rings is 1. The normalized spacial score (nSPS) is 11.8. The standard InChI is InChI=1S/C17H17ClN2O5S/c1-10(2)15(19-16(21)12-5-3-4-6-13(12)18)17(22)25-8-11-7-14(20(23)24)26-9-11/h3-7,9-10,15H,8H2,1-2H3,(H,19,21)/t15-/m0/s1. The molecule has 0 fully saturated rings. The van der Waals surface area contributed by atoms with Crippen molar-refractivity contribution in [1.82, 2.24) is 5.32 Å². The number of rotatable bonds is 7. The van der Waals surface area contributed by atoms with Gasteiger partial charge in [0.2, 0.25) is 0 Å². The first-order valence-corrected chi connectivity index (χ1v) is 8.99. The highest BCUT2D eigenvalue weighted by atomic mass is 35.5. The van der Waals surface area contributed by atoms with E-state index in [2.05, 4.69) is 5.32 Å². The molecule has 0 saturated carbocycles. The molecule has 0 bridgehead atoms. The smallest absolute Gasteiger partial charge is 0.329 e. The van der Waals surface area contributed by atoms with Crippen LogP contribution in [-0.4, -0.2) is 22.8 Å². The lowest BCUT2D eigenvalue weighted by Crippen LogP contribution is -2.45. The molecule has 0 spiro atoms.